The molecule has 1 saturated heterocycles. The number of hydrogen-bond donors (Lipinski definition) is 0. The lowest BCUT2D eigenvalue weighted by atomic mass is 9.91. The largest absolute Gasteiger partial charge is 0.534 e. The Labute approximate surface area is 170 Å². The smallest absolute Gasteiger partial charge is 0.444 e. The Kier molecular flexibility index (Phi) is 5.60. The highest BCUT2D eigenvalue weighted by molar-refractivity contribution is 7.88. The third-order valence-corrected chi connectivity index (χ3v) is 5.41. The van der Waals surface area contributed by atoms with Gasteiger partial charge in [0.2, 0.25) is 0 Å². The van der Waals surface area contributed by atoms with Crippen LogP contribution in [0.1, 0.15) is 45.1 Å². The summed E-state index contributed by atoms with van der Waals surface area (Å²) in [6.07, 6.45) is 4.32. The third-order valence-electron chi connectivity index (χ3n) is 4.44. The van der Waals surface area contributed by atoms with Crippen molar-refractivity contribution in [2.24, 2.45) is 0 Å². The van der Waals surface area contributed by atoms with Crippen molar-refractivity contribution in [2.75, 3.05) is 13.1 Å². The Bertz CT molecular complexity index is 1040. The van der Waals surface area contributed by atoms with Gasteiger partial charge in [-0.3, -0.25) is 0 Å². The second-order valence-electron chi connectivity index (χ2n) is 7.88. The van der Waals surface area contributed by atoms with E-state index in [1.807, 2.05) is 0 Å². The van der Waals surface area contributed by atoms with Crippen LogP contribution in [0.4, 0.5) is 18.0 Å². The van der Waals surface area contributed by atoms with Crippen LogP contribution in [-0.2, 0) is 14.9 Å². The summed E-state index contributed by atoms with van der Waals surface area (Å²) in [6, 6.07) is 0. The summed E-state index contributed by atoms with van der Waals surface area (Å²) in [5.41, 5.74) is -4.99. The van der Waals surface area contributed by atoms with Crippen molar-refractivity contribution in [1.29, 1.82) is 0 Å². The van der Waals surface area contributed by atoms with Gasteiger partial charge in [0.15, 0.2) is 11.4 Å². The molecule has 2 aromatic heterocycles. The van der Waals surface area contributed by atoms with Crippen LogP contribution in [0.5, 0.6) is 5.75 Å². The number of aromatic nitrogens is 3. The lowest BCUT2D eigenvalue weighted by molar-refractivity contribution is -0.0500. The van der Waals surface area contributed by atoms with Crippen LogP contribution in [0.2, 0.25) is 0 Å². The lowest BCUT2D eigenvalue weighted by Gasteiger charge is -2.33. The van der Waals surface area contributed by atoms with Crippen LogP contribution < -0.4 is 4.18 Å². The maximum atomic E-state index is 12.5. The molecule has 30 heavy (non-hydrogen) atoms. The number of alkyl halides is 3. The van der Waals surface area contributed by atoms with Crippen molar-refractivity contribution in [2.45, 2.75) is 50.6 Å². The molecule has 0 N–H and O–H groups in total. The molecular weight excluding hydrogens is 429 g/mol. The summed E-state index contributed by atoms with van der Waals surface area (Å²) < 4.78 is 70.3. The zero-order valence-corrected chi connectivity index (χ0v) is 17.3. The summed E-state index contributed by atoms with van der Waals surface area (Å²) >= 11 is 0. The maximum Gasteiger partial charge on any atom is 0.534 e. The Morgan fingerprint density at radius 3 is 2.37 bits per heavy atom. The van der Waals surface area contributed by atoms with Crippen molar-refractivity contribution in [3.05, 3.63) is 24.2 Å². The van der Waals surface area contributed by atoms with E-state index in [1.165, 1.54) is 6.20 Å². The zero-order valence-electron chi connectivity index (χ0n) is 16.5. The second kappa shape index (κ2) is 7.60. The highest BCUT2D eigenvalue weighted by Gasteiger charge is 2.48. The van der Waals surface area contributed by atoms with Crippen molar-refractivity contribution in [3.63, 3.8) is 0 Å². The van der Waals surface area contributed by atoms with Crippen molar-refractivity contribution >= 4 is 21.9 Å². The van der Waals surface area contributed by atoms with Gasteiger partial charge in [0.1, 0.15) is 5.60 Å². The van der Waals surface area contributed by atoms with E-state index >= 15 is 0 Å². The topological polar surface area (TPSA) is 103 Å². The molecule has 0 radical (unpaired) electrons. The molecule has 0 bridgehead atoms. The lowest BCUT2D eigenvalue weighted by Crippen LogP contribution is -2.41. The number of nitrogens with zero attached hydrogens (tertiary/aromatic N) is 4. The highest BCUT2D eigenvalue weighted by Crippen LogP contribution is 2.32. The summed E-state index contributed by atoms with van der Waals surface area (Å²) in [6.45, 7) is 6.32. The minimum absolute atomic E-state index is 0.0272. The molecule has 0 spiro atoms. The van der Waals surface area contributed by atoms with Crippen LogP contribution in [-0.4, -0.2) is 58.2 Å². The summed E-state index contributed by atoms with van der Waals surface area (Å²) in [4.78, 5) is 17.8. The van der Waals surface area contributed by atoms with E-state index in [1.54, 1.807) is 25.7 Å². The first-order valence-electron chi connectivity index (χ1n) is 9.09. The molecule has 1 aliphatic rings. The van der Waals surface area contributed by atoms with Crippen LogP contribution in [0.25, 0.3) is 5.65 Å². The van der Waals surface area contributed by atoms with Gasteiger partial charge in [-0.1, -0.05) is 0 Å². The van der Waals surface area contributed by atoms with Crippen LogP contribution >= 0.6 is 0 Å². The number of ether oxygens (including phenoxy) is 1. The van der Waals surface area contributed by atoms with Gasteiger partial charge in [0, 0.05) is 18.7 Å². The standard InChI is InChI=1S/C17H21F3N4O5S/c1-16(2,3)28-15(25)23-6-4-11(5-7-23)13-9-22-24-10-12(8-21-14(13)24)29-30(26,27)17(18,19)20/h8-11H,4-7H2,1-3H3. The average Bonchev–Trinajstić information content (AvgIpc) is 3.02. The Morgan fingerprint density at radius 2 is 1.80 bits per heavy atom. The first-order valence-corrected chi connectivity index (χ1v) is 10.5. The highest BCUT2D eigenvalue weighted by atomic mass is 32.2. The fourth-order valence-electron chi connectivity index (χ4n) is 3.08. The van der Waals surface area contributed by atoms with E-state index in [9.17, 15) is 26.4 Å². The fourth-order valence-corrected chi connectivity index (χ4v) is 3.51. The fraction of sp³-hybridized carbons (Fsp3) is 0.588. The monoisotopic (exact) mass is 450 g/mol. The molecule has 1 fully saturated rings. The minimum Gasteiger partial charge on any atom is -0.444 e. The molecule has 0 saturated carbocycles. The molecule has 0 aliphatic carbocycles. The molecule has 2 aromatic rings. The first kappa shape index (κ1) is 22.1. The number of rotatable bonds is 3. The van der Waals surface area contributed by atoms with Crippen LogP contribution in [0.15, 0.2) is 18.6 Å². The van der Waals surface area contributed by atoms with Crippen molar-refractivity contribution in [3.8, 4) is 5.75 Å². The number of likely N-dealkylation sites (tertiary alicyclic amines) is 1. The number of hydrogen-bond acceptors (Lipinski definition) is 7. The molecule has 3 rings (SSSR count). The SMILES string of the molecule is CC(C)(C)OC(=O)N1CCC(c2cnn3cc(OS(=O)(=O)C(F)(F)F)cnc23)CC1. The van der Waals surface area contributed by atoms with Gasteiger partial charge in [-0.2, -0.15) is 26.7 Å². The van der Waals surface area contributed by atoms with Gasteiger partial charge in [0.05, 0.1) is 18.6 Å². The Balaban J connectivity index is 1.71. The van der Waals surface area contributed by atoms with Gasteiger partial charge in [-0.15, -0.1) is 0 Å². The van der Waals surface area contributed by atoms with E-state index in [2.05, 4.69) is 14.3 Å². The number of piperidine rings is 1. The van der Waals surface area contributed by atoms with Gasteiger partial charge in [-0.05, 0) is 39.5 Å². The van der Waals surface area contributed by atoms with E-state index in [4.69, 9.17) is 4.74 Å². The summed E-state index contributed by atoms with van der Waals surface area (Å²) in [5.74, 6) is -0.575. The van der Waals surface area contributed by atoms with Gasteiger partial charge in [0.25, 0.3) is 0 Å². The average molecular weight is 450 g/mol. The molecule has 166 valence electrons. The molecule has 1 amide bonds. The van der Waals surface area contributed by atoms with Gasteiger partial charge >= 0.3 is 21.7 Å². The van der Waals surface area contributed by atoms with Gasteiger partial charge in [-0.25, -0.2) is 14.3 Å². The molecular formula is C17H21F3N4O5S. The molecule has 9 nitrogen and oxygen atoms in total. The first-order chi connectivity index (χ1) is 13.8. The molecule has 13 heteroatoms. The molecule has 1 aliphatic heterocycles. The third kappa shape index (κ3) is 4.77. The van der Waals surface area contributed by atoms with E-state index in [-0.39, 0.29) is 12.0 Å². The number of amides is 1. The minimum atomic E-state index is -5.79. The summed E-state index contributed by atoms with van der Waals surface area (Å²) in [7, 11) is -5.79. The normalized spacial score (nSPS) is 16.7. The van der Waals surface area contributed by atoms with Gasteiger partial charge < -0.3 is 13.8 Å². The quantitative estimate of drug-likeness (QED) is 0.523. The number of halogens is 3. The number of carbonyl (C=O) groups excluding carboxylic acids is 1. The van der Waals surface area contributed by atoms with E-state index in [0.29, 0.717) is 31.6 Å². The summed E-state index contributed by atoms with van der Waals surface area (Å²) in [5, 5.41) is 4.04. The van der Waals surface area contributed by atoms with Crippen molar-refractivity contribution in [1.82, 2.24) is 19.5 Å². The maximum absolute atomic E-state index is 12.5. The predicted octanol–water partition coefficient (Wildman–Crippen LogP) is 3.07. The predicted molar refractivity (Wildman–Crippen MR) is 98.4 cm³/mol. The zero-order chi connectivity index (χ0) is 22.3. The molecule has 3 heterocycles. The van der Waals surface area contributed by atoms with E-state index < -0.39 is 27.0 Å². The Hall–Kier alpha value is -2.57. The molecule has 0 aromatic carbocycles. The molecule has 0 unspecified atom stereocenters. The van der Waals surface area contributed by atoms with E-state index in [0.717, 1.165) is 22.5 Å². The number of carbonyl (C=O) groups is 1. The Morgan fingerprint density at radius 1 is 1.17 bits per heavy atom. The van der Waals surface area contributed by atoms with Crippen LogP contribution in [0.3, 0.4) is 0 Å². The number of fused-ring (bicyclic) bond motifs is 1. The second-order valence-corrected chi connectivity index (χ2v) is 9.42. The van der Waals surface area contributed by atoms with Crippen molar-refractivity contribution < 1.29 is 35.3 Å². The molecule has 0 atom stereocenters. The van der Waals surface area contributed by atoms with Crippen LogP contribution in [0, 0.1) is 0 Å².